The van der Waals surface area contributed by atoms with E-state index in [-0.39, 0.29) is 34.9 Å². The van der Waals surface area contributed by atoms with Gasteiger partial charge in [-0.25, -0.2) is 18.4 Å². The van der Waals surface area contributed by atoms with Gasteiger partial charge in [0, 0.05) is 12.6 Å². The molecule has 192 valence electrons. The van der Waals surface area contributed by atoms with Crippen molar-refractivity contribution in [2.45, 2.75) is 61.8 Å². The molecule has 0 bridgehead atoms. The molecule has 9 heteroatoms. The number of pyridine rings is 2. The van der Waals surface area contributed by atoms with Crippen LogP contribution in [0.5, 0.6) is 0 Å². The second-order valence-corrected chi connectivity index (χ2v) is 11.7. The molecule has 2 aromatic heterocycles. The van der Waals surface area contributed by atoms with Crippen LogP contribution in [-0.4, -0.2) is 36.0 Å². The van der Waals surface area contributed by atoms with E-state index in [0.717, 1.165) is 24.8 Å². The number of anilines is 1. The fourth-order valence-electron chi connectivity index (χ4n) is 4.09. The zero-order chi connectivity index (χ0) is 26.4. The lowest BCUT2D eigenvalue weighted by atomic mass is 9.80. The fourth-order valence-corrected chi connectivity index (χ4v) is 5.67. The van der Waals surface area contributed by atoms with Crippen molar-refractivity contribution in [3.8, 4) is 0 Å². The Labute approximate surface area is 212 Å². The summed E-state index contributed by atoms with van der Waals surface area (Å²) in [7, 11) is -4.19. The van der Waals surface area contributed by atoms with Gasteiger partial charge in [0.25, 0.3) is 0 Å². The van der Waals surface area contributed by atoms with Crippen LogP contribution >= 0.6 is 0 Å². The van der Waals surface area contributed by atoms with Crippen LogP contribution in [0.2, 0.25) is 0 Å². The van der Waals surface area contributed by atoms with Crippen molar-refractivity contribution < 1.29 is 18.3 Å². The average Bonchev–Trinajstić information content (AvgIpc) is 2.87. The first-order valence-electron chi connectivity index (χ1n) is 12.0. The Hall–Kier alpha value is -3.30. The number of carboxylic acid groups (broad SMARTS) is 1. The summed E-state index contributed by atoms with van der Waals surface area (Å²) in [5.74, 6) is -0.849. The molecule has 8 nitrogen and oxygen atoms in total. The number of carboxylic acids is 1. The van der Waals surface area contributed by atoms with E-state index >= 15 is 0 Å². The van der Waals surface area contributed by atoms with Crippen LogP contribution in [-0.2, 0) is 31.3 Å². The molecule has 0 spiro atoms. The first-order chi connectivity index (χ1) is 17.0. The van der Waals surface area contributed by atoms with Gasteiger partial charge in [0.15, 0.2) is 9.90 Å². The van der Waals surface area contributed by atoms with E-state index in [4.69, 9.17) is 10.8 Å². The van der Waals surface area contributed by atoms with Crippen LogP contribution in [0.25, 0.3) is 0 Å². The smallest absolute Gasteiger partial charge is 0.322 e. The van der Waals surface area contributed by atoms with Crippen LogP contribution in [0, 0.1) is 0 Å². The summed E-state index contributed by atoms with van der Waals surface area (Å²) in [5, 5.41) is 11.5. The topological polar surface area (TPSA) is 135 Å². The Morgan fingerprint density at radius 2 is 1.78 bits per heavy atom. The van der Waals surface area contributed by atoms with Gasteiger partial charge in [-0.05, 0) is 47.2 Å². The molecule has 0 amide bonds. The van der Waals surface area contributed by atoms with E-state index in [1.165, 1.54) is 23.9 Å². The van der Waals surface area contributed by atoms with Crippen molar-refractivity contribution in [3.63, 3.8) is 0 Å². The van der Waals surface area contributed by atoms with Gasteiger partial charge < -0.3 is 16.2 Å². The number of aromatic nitrogens is 2. The minimum absolute atomic E-state index is 0.0000748. The molecule has 0 saturated heterocycles. The molecule has 1 atom stereocenters. The summed E-state index contributed by atoms with van der Waals surface area (Å²) in [6.07, 6.45) is 4.66. The first kappa shape index (κ1) is 27.3. The number of unbranched alkanes of at least 4 members (excludes halogenated alkanes) is 1. The maximum Gasteiger partial charge on any atom is 0.322 e. The van der Waals surface area contributed by atoms with Gasteiger partial charge in [-0.3, -0.25) is 4.79 Å². The summed E-state index contributed by atoms with van der Waals surface area (Å²) in [5.41, 5.74) is 8.74. The number of hydrogen-bond donors (Lipinski definition) is 3. The van der Waals surface area contributed by atoms with Crippen molar-refractivity contribution in [2.75, 3.05) is 11.9 Å². The third-order valence-corrected chi connectivity index (χ3v) is 8.46. The summed E-state index contributed by atoms with van der Waals surface area (Å²) in [6, 6.07) is 17.2. The number of hydrogen-bond acceptors (Lipinski definition) is 7. The molecule has 1 aromatic carbocycles. The fraction of sp³-hybridized carbons (Fsp3) is 0.370. The Morgan fingerprint density at radius 3 is 2.39 bits per heavy atom. The molecule has 0 saturated carbocycles. The highest BCUT2D eigenvalue weighted by Gasteiger charge is 2.45. The summed E-state index contributed by atoms with van der Waals surface area (Å²) in [4.78, 5) is 17.5. The quantitative estimate of drug-likeness (QED) is 0.329. The zero-order valence-corrected chi connectivity index (χ0v) is 21.8. The van der Waals surface area contributed by atoms with Gasteiger partial charge in [-0.2, -0.15) is 0 Å². The number of rotatable bonds is 12. The molecule has 4 N–H and O–H groups in total. The monoisotopic (exact) mass is 510 g/mol. The molecule has 0 fully saturated rings. The lowest BCUT2D eigenvalue weighted by molar-refractivity contribution is -0.134. The van der Waals surface area contributed by atoms with Crippen molar-refractivity contribution in [1.29, 1.82) is 0 Å². The number of aliphatic carboxylic acids is 1. The van der Waals surface area contributed by atoms with Crippen molar-refractivity contribution in [1.82, 2.24) is 9.97 Å². The minimum Gasteiger partial charge on any atom is -0.480 e. The van der Waals surface area contributed by atoms with Gasteiger partial charge in [-0.15, -0.1) is 0 Å². The third kappa shape index (κ3) is 6.09. The van der Waals surface area contributed by atoms with E-state index in [0.29, 0.717) is 0 Å². The van der Waals surface area contributed by atoms with E-state index in [2.05, 4.69) is 36.1 Å². The Kier molecular flexibility index (Phi) is 8.47. The highest BCUT2D eigenvalue weighted by Crippen LogP contribution is 2.34. The third-order valence-electron chi connectivity index (χ3n) is 6.35. The van der Waals surface area contributed by atoms with Crippen molar-refractivity contribution in [2.24, 2.45) is 5.73 Å². The van der Waals surface area contributed by atoms with Crippen LogP contribution < -0.4 is 11.1 Å². The molecule has 1 unspecified atom stereocenters. The normalized spacial score (nSPS) is 13.7. The van der Waals surface area contributed by atoms with Gasteiger partial charge in [0.2, 0.25) is 9.84 Å². The van der Waals surface area contributed by atoms with E-state index in [1.807, 2.05) is 24.3 Å². The molecule has 0 radical (unpaired) electrons. The number of benzene rings is 1. The predicted molar refractivity (Wildman–Crippen MR) is 140 cm³/mol. The first-order valence-corrected chi connectivity index (χ1v) is 13.4. The molecule has 0 aliphatic carbocycles. The highest BCUT2D eigenvalue weighted by molar-refractivity contribution is 7.92. The molecule has 3 aromatic rings. The van der Waals surface area contributed by atoms with Crippen LogP contribution in [0.3, 0.4) is 0 Å². The largest absolute Gasteiger partial charge is 0.480 e. The molecular weight excluding hydrogens is 476 g/mol. The van der Waals surface area contributed by atoms with Gasteiger partial charge in [-0.1, -0.05) is 70.0 Å². The van der Waals surface area contributed by atoms with Crippen LogP contribution in [0.1, 0.15) is 56.9 Å². The number of sulfone groups is 1. The molecule has 36 heavy (non-hydrogen) atoms. The van der Waals surface area contributed by atoms with Gasteiger partial charge >= 0.3 is 5.97 Å². The molecular formula is C27H34N4O4S. The number of carbonyl (C=O) groups is 1. The van der Waals surface area contributed by atoms with E-state index in [9.17, 15) is 13.2 Å². The standard InChI is InChI=1S/C27H34N4O4S/c1-4-5-16-26(2,3)21-14-12-20(13-15-21)18-27(28,36(34,35)24-11-6-7-17-29-24)22-9-8-10-23(31-22)30-19-25(32)33/h6-15,17H,4-5,16,18-19,28H2,1-3H3,(H,30,31)(H,32,33). The van der Waals surface area contributed by atoms with E-state index in [1.54, 1.807) is 24.3 Å². The number of nitrogens with one attached hydrogen (secondary N) is 1. The van der Waals surface area contributed by atoms with Gasteiger partial charge in [0.1, 0.15) is 12.4 Å². The van der Waals surface area contributed by atoms with Crippen LogP contribution in [0.15, 0.2) is 71.9 Å². The molecule has 2 heterocycles. The summed E-state index contributed by atoms with van der Waals surface area (Å²) < 4.78 is 27.7. The Morgan fingerprint density at radius 1 is 1.06 bits per heavy atom. The second-order valence-electron chi connectivity index (χ2n) is 9.58. The molecule has 0 aliphatic rings. The SMILES string of the molecule is CCCCC(C)(C)c1ccc(CC(N)(c2cccc(NCC(=O)O)n2)S(=O)(=O)c2ccccn2)cc1. The Bertz CT molecular complexity index is 1280. The number of nitrogens with two attached hydrogens (primary N) is 1. The maximum absolute atomic E-state index is 13.8. The summed E-state index contributed by atoms with van der Waals surface area (Å²) in [6.45, 7) is 6.21. The molecule has 0 aliphatic heterocycles. The van der Waals surface area contributed by atoms with Crippen molar-refractivity contribution in [3.05, 3.63) is 83.7 Å². The Balaban J connectivity index is 2.04. The minimum atomic E-state index is -4.19. The number of nitrogens with zero attached hydrogens (tertiary/aromatic N) is 2. The van der Waals surface area contributed by atoms with Crippen molar-refractivity contribution >= 4 is 21.6 Å². The average molecular weight is 511 g/mol. The maximum atomic E-state index is 13.8. The zero-order valence-electron chi connectivity index (χ0n) is 20.9. The van der Waals surface area contributed by atoms with Crippen LogP contribution in [0.4, 0.5) is 5.82 Å². The molecule has 3 rings (SSSR count). The predicted octanol–water partition coefficient (Wildman–Crippen LogP) is 4.27. The second kappa shape index (κ2) is 11.2. The summed E-state index contributed by atoms with van der Waals surface area (Å²) >= 11 is 0. The highest BCUT2D eigenvalue weighted by atomic mass is 32.2. The lowest BCUT2D eigenvalue weighted by Gasteiger charge is -2.30. The lowest BCUT2D eigenvalue weighted by Crippen LogP contribution is -2.47. The van der Waals surface area contributed by atoms with Gasteiger partial charge in [0.05, 0.1) is 5.69 Å². The van der Waals surface area contributed by atoms with E-state index < -0.39 is 20.7 Å².